The van der Waals surface area contributed by atoms with E-state index < -0.39 is 5.97 Å². The molecule has 0 radical (unpaired) electrons. The van der Waals surface area contributed by atoms with Crippen LogP contribution in [0.4, 0.5) is 0 Å². The first-order chi connectivity index (χ1) is 6.29. The van der Waals surface area contributed by atoms with Gasteiger partial charge in [0.25, 0.3) is 0 Å². The number of carboxylic acids is 1. The number of rotatable bonds is 6. The summed E-state index contributed by atoms with van der Waals surface area (Å²) in [6.07, 6.45) is 6.02. The van der Waals surface area contributed by atoms with Crippen LogP contribution in [0.3, 0.4) is 0 Å². The Hall–Kier alpha value is -0.570. The molecule has 0 bridgehead atoms. The van der Waals surface area contributed by atoms with E-state index in [1.54, 1.807) is 0 Å². The molecule has 1 unspecified atom stereocenters. The third-order valence-corrected chi connectivity index (χ3v) is 2.67. The second-order valence-corrected chi connectivity index (χ2v) is 3.85. The molecule has 76 valence electrons. The summed E-state index contributed by atoms with van der Waals surface area (Å²) in [5.41, 5.74) is 0. The summed E-state index contributed by atoms with van der Waals surface area (Å²) < 4.78 is 0. The molecule has 2 N–H and O–H groups in total. The van der Waals surface area contributed by atoms with Crippen LogP contribution in [-0.2, 0) is 4.79 Å². The van der Waals surface area contributed by atoms with Gasteiger partial charge in [0, 0.05) is 6.42 Å². The van der Waals surface area contributed by atoms with Gasteiger partial charge < -0.3 is 10.4 Å². The normalized spacial score (nSPS) is 22.0. The average molecular weight is 185 g/mol. The zero-order chi connectivity index (χ0) is 9.52. The van der Waals surface area contributed by atoms with E-state index in [0.29, 0.717) is 6.42 Å². The molecule has 0 saturated carbocycles. The topological polar surface area (TPSA) is 49.3 Å². The predicted molar refractivity (Wildman–Crippen MR) is 51.7 cm³/mol. The summed E-state index contributed by atoms with van der Waals surface area (Å²) in [5.74, 6) is 0.187. The molecule has 1 fully saturated rings. The van der Waals surface area contributed by atoms with Gasteiger partial charge in [-0.1, -0.05) is 12.8 Å². The maximum absolute atomic E-state index is 10.2. The lowest BCUT2D eigenvalue weighted by molar-refractivity contribution is -0.137. The van der Waals surface area contributed by atoms with Gasteiger partial charge in [0.2, 0.25) is 0 Å². The van der Waals surface area contributed by atoms with Crippen molar-refractivity contribution in [2.45, 2.75) is 38.5 Å². The maximum Gasteiger partial charge on any atom is 0.303 e. The zero-order valence-electron chi connectivity index (χ0n) is 8.09. The molecule has 0 aromatic rings. The molecule has 1 aliphatic rings. The first kappa shape index (κ1) is 10.5. The van der Waals surface area contributed by atoms with Crippen LogP contribution < -0.4 is 5.32 Å². The number of carbonyl (C=O) groups is 1. The molecule has 1 saturated heterocycles. The van der Waals surface area contributed by atoms with Gasteiger partial charge in [-0.15, -0.1) is 0 Å². The second-order valence-electron chi connectivity index (χ2n) is 3.85. The van der Waals surface area contributed by atoms with Gasteiger partial charge in [-0.25, -0.2) is 0 Å². The number of carboxylic acid groups (broad SMARTS) is 1. The number of hydrogen-bond donors (Lipinski definition) is 2. The quantitative estimate of drug-likeness (QED) is 0.618. The minimum absolute atomic E-state index is 0.336. The van der Waals surface area contributed by atoms with E-state index in [0.717, 1.165) is 18.8 Å². The van der Waals surface area contributed by atoms with Crippen LogP contribution in [0.1, 0.15) is 38.5 Å². The van der Waals surface area contributed by atoms with Crippen LogP contribution in [0.5, 0.6) is 0 Å². The van der Waals surface area contributed by atoms with Gasteiger partial charge in [0.1, 0.15) is 0 Å². The summed E-state index contributed by atoms with van der Waals surface area (Å²) in [5, 5.41) is 11.8. The van der Waals surface area contributed by atoms with Crippen LogP contribution in [0, 0.1) is 5.92 Å². The Balaban J connectivity index is 1.86. The molecule has 1 rings (SSSR count). The largest absolute Gasteiger partial charge is 0.481 e. The Morgan fingerprint density at radius 2 is 2.23 bits per heavy atom. The molecule has 1 heterocycles. The van der Waals surface area contributed by atoms with Gasteiger partial charge in [0.15, 0.2) is 0 Å². The Bertz CT molecular complexity index is 153. The van der Waals surface area contributed by atoms with Gasteiger partial charge in [-0.05, 0) is 38.3 Å². The zero-order valence-corrected chi connectivity index (χ0v) is 8.09. The molecular weight excluding hydrogens is 166 g/mol. The lowest BCUT2D eigenvalue weighted by Crippen LogP contribution is -2.08. The standard InChI is InChI=1S/C10H19NO2/c12-10(13)5-3-1-2-4-9-6-7-11-8-9/h9,11H,1-8H2,(H,12,13). The number of aliphatic carboxylic acids is 1. The van der Waals surface area contributed by atoms with Crippen LogP contribution in [0.2, 0.25) is 0 Å². The molecule has 0 aliphatic carbocycles. The van der Waals surface area contributed by atoms with E-state index in [9.17, 15) is 4.79 Å². The molecule has 0 spiro atoms. The molecule has 1 aliphatic heterocycles. The highest BCUT2D eigenvalue weighted by molar-refractivity contribution is 5.66. The summed E-state index contributed by atoms with van der Waals surface area (Å²) >= 11 is 0. The first-order valence-electron chi connectivity index (χ1n) is 5.21. The highest BCUT2D eigenvalue weighted by Gasteiger charge is 2.13. The minimum Gasteiger partial charge on any atom is -0.481 e. The molecule has 0 aromatic heterocycles. The average Bonchev–Trinajstić information content (AvgIpc) is 2.55. The highest BCUT2D eigenvalue weighted by Crippen LogP contribution is 2.16. The summed E-state index contributed by atoms with van der Waals surface area (Å²) in [6, 6.07) is 0. The van der Waals surface area contributed by atoms with Crippen molar-refractivity contribution in [3.8, 4) is 0 Å². The summed E-state index contributed by atoms with van der Waals surface area (Å²) in [4.78, 5) is 10.2. The van der Waals surface area contributed by atoms with Crippen LogP contribution in [0.25, 0.3) is 0 Å². The Kier molecular flexibility index (Phi) is 4.83. The van der Waals surface area contributed by atoms with Crippen molar-refractivity contribution in [1.29, 1.82) is 0 Å². The van der Waals surface area contributed by atoms with Gasteiger partial charge in [-0.2, -0.15) is 0 Å². The fourth-order valence-corrected chi connectivity index (χ4v) is 1.85. The SMILES string of the molecule is O=C(O)CCCCCC1CCNC1. The second kappa shape index (κ2) is 5.97. The summed E-state index contributed by atoms with van der Waals surface area (Å²) in [7, 11) is 0. The lowest BCUT2D eigenvalue weighted by atomic mass is 10.0. The number of hydrogen-bond acceptors (Lipinski definition) is 2. The van der Waals surface area contributed by atoms with Crippen molar-refractivity contribution >= 4 is 5.97 Å². The van der Waals surface area contributed by atoms with E-state index in [4.69, 9.17) is 5.11 Å². The van der Waals surface area contributed by atoms with E-state index in [2.05, 4.69) is 5.32 Å². The summed E-state index contributed by atoms with van der Waals surface area (Å²) in [6.45, 7) is 2.33. The highest BCUT2D eigenvalue weighted by atomic mass is 16.4. The molecule has 3 nitrogen and oxygen atoms in total. The fraction of sp³-hybridized carbons (Fsp3) is 0.900. The van der Waals surface area contributed by atoms with Crippen molar-refractivity contribution in [1.82, 2.24) is 5.32 Å². The van der Waals surface area contributed by atoms with Crippen LogP contribution >= 0.6 is 0 Å². The van der Waals surface area contributed by atoms with E-state index >= 15 is 0 Å². The Morgan fingerprint density at radius 3 is 2.85 bits per heavy atom. The third-order valence-electron chi connectivity index (χ3n) is 2.67. The number of nitrogens with one attached hydrogen (secondary N) is 1. The molecule has 0 amide bonds. The van der Waals surface area contributed by atoms with Crippen molar-refractivity contribution in [2.75, 3.05) is 13.1 Å². The van der Waals surface area contributed by atoms with Crippen LogP contribution in [0.15, 0.2) is 0 Å². The fourth-order valence-electron chi connectivity index (χ4n) is 1.85. The van der Waals surface area contributed by atoms with Gasteiger partial charge in [-0.3, -0.25) is 4.79 Å². The Labute approximate surface area is 79.5 Å². The monoisotopic (exact) mass is 185 g/mol. The predicted octanol–water partition coefficient (Wildman–Crippen LogP) is 1.63. The molecule has 3 heteroatoms. The number of unbranched alkanes of at least 4 members (excludes halogenated alkanes) is 2. The lowest BCUT2D eigenvalue weighted by Gasteiger charge is -2.06. The molecule has 13 heavy (non-hydrogen) atoms. The van der Waals surface area contributed by atoms with Crippen molar-refractivity contribution < 1.29 is 9.90 Å². The van der Waals surface area contributed by atoms with Crippen molar-refractivity contribution in [2.24, 2.45) is 5.92 Å². The van der Waals surface area contributed by atoms with Gasteiger partial charge >= 0.3 is 5.97 Å². The van der Waals surface area contributed by atoms with Crippen molar-refractivity contribution in [3.63, 3.8) is 0 Å². The molecular formula is C10H19NO2. The smallest absolute Gasteiger partial charge is 0.303 e. The first-order valence-corrected chi connectivity index (χ1v) is 5.21. The minimum atomic E-state index is -0.664. The molecule has 0 aromatic carbocycles. The van der Waals surface area contributed by atoms with E-state index in [1.165, 1.54) is 32.4 Å². The third kappa shape index (κ3) is 4.88. The van der Waals surface area contributed by atoms with Crippen molar-refractivity contribution in [3.05, 3.63) is 0 Å². The Morgan fingerprint density at radius 1 is 1.38 bits per heavy atom. The van der Waals surface area contributed by atoms with E-state index in [1.807, 2.05) is 0 Å². The van der Waals surface area contributed by atoms with Gasteiger partial charge in [0.05, 0.1) is 0 Å². The molecule has 1 atom stereocenters. The van der Waals surface area contributed by atoms with Crippen LogP contribution in [-0.4, -0.2) is 24.2 Å². The van der Waals surface area contributed by atoms with E-state index in [-0.39, 0.29) is 0 Å². The maximum atomic E-state index is 10.2.